The van der Waals surface area contributed by atoms with Gasteiger partial charge in [0.25, 0.3) is 0 Å². The van der Waals surface area contributed by atoms with Crippen LogP contribution >= 0.6 is 0 Å². The van der Waals surface area contributed by atoms with Crippen LogP contribution in [0.1, 0.15) is 46.5 Å². The molecule has 166 valence electrons. The molecule has 4 aliphatic carbocycles. The van der Waals surface area contributed by atoms with E-state index in [9.17, 15) is 24.9 Å². The van der Waals surface area contributed by atoms with Crippen LogP contribution in [0, 0.1) is 28.6 Å². The summed E-state index contributed by atoms with van der Waals surface area (Å²) < 4.78 is 21.8. The average molecular weight is 422 g/mol. The minimum absolute atomic E-state index is 0.127. The van der Waals surface area contributed by atoms with Crippen molar-refractivity contribution in [2.45, 2.75) is 70.1 Å². The summed E-state index contributed by atoms with van der Waals surface area (Å²) in [4.78, 5) is 24.9. The zero-order valence-electron chi connectivity index (χ0n) is 17.9. The van der Waals surface area contributed by atoms with Crippen molar-refractivity contribution >= 4 is 11.6 Å². The van der Waals surface area contributed by atoms with E-state index in [2.05, 4.69) is 0 Å². The number of Topliss-reactive ketones (excluding diaryl/α,β-unsaturated/α-hetero) is 1. The fraction of sp³-hybridized carbons (Fsp3) is 0.739. The molecule has 0 bridgehead atoms. The molecule has 0 aromatic rings. The Kier molecular flexibility index (Phi) is 4.76. The molecule has 3 N–H and O–H groups in total. The van der Waals surface area contributed by atoms with Crippen LogP contribution in [0.4, 0.5) is 4.39 Å². The van der Waals surface area contributed by atoms with Crippen LogP contribution in [0.2, 0.25) is 0 Å². The monoisotopic (exact) mass is 422 g/mol. The number of aliphatic hydroxyl groups is 3. The van der Waals surface area contributed by atoms with E-state index in [0.29, 0.717) is 24.8 Å². The maximum Gasteiger partial charge on any atom is 0.220 e. The minimum atomic E-state index is -2.02. The lowest BCUT2D eigenvalue weighted by molar-refractivity contribution is -0.226. The van der Waals surface area contributed by atoms with Crippen LogP contribution in [-0.4, -0.2) is 57.7 Å². The lowest BCUT2D eigenvalue weighted by atomic mass is 9.44. The quantitative estimate of drug-likeness (QED) is 0.600. The summed E-state index contributed by atoms with van der Waals surface area (Å²) in [6, 6.07) is 0. The Bertz CT molecular complexity index is 853. The lowest BCUT2D eigenvalue weighted by Gasteiger charge is -2.62. The van der Waals surface area contributed by atoms with Crippen molar-refractivity contribution in [1.29, 1.82) is 0 Å². The second kappa shape index (κ2) is 6.55. The van der Waals surface area contributed by atoms with Crippen molar-refractivity contribution in [3.8, 4) is 0 Å². The molecule has 0 heterocycles. The summed E-state index contributed by atoms with van der Waals surface area (Å²) >= 11 is 0. The molecule has 0 spiro atoms. The Morgan fingerprint density at radius 1 is 1.33 bits per heavy atom. The van der Waals surface area contributed by atoms with Crippen molar-refractivity contribution in [1.82, 2.24) is 0 Å². The molecule has 9 atom stereocenters. The fourth-order valence-electron chi connectivity index (χ4n) is 7.37. The molecular formula is C23H31FO6. The Hall–Kier alpha value is -1.41. The second-order valence-electron chi connectivity index (χ2n) is 10.1. The van der Waals surface area contributed by atoms with Crippen molar-refractivity contribution < 1.29 is 34.0 Å². The third-order valence-electron chi connectivity index (χ3n) is 9.05. The first-order valence-corrected chi connectivity index (χ1v) is 10.7. The molecule has 6 nitrogen and oxygen atoms in total. The molecule has 0 aromatic heterocycles. The van der Waals surface area contributed by atoms with E-state index in [1.54, 1.807) is 26.8 Å². The Labute approximate surface area is 175 Å². The van der Waals surface area contributed by atoms with Crippen LogP contribution in [0.5, 0.6) is 0 Å². The Balaban J connectivity index is 1.81. The number of ether oxygens (including phenoxy) is 1. The molecule has 7 heteroatoms. The van der Waals surface area contributed by atoms with Crippen LogP contribution in [0.25, 0.3) is 0 Å². The van der Waals surface area contributed by atoms with Gasteiger partial charge in [0.2, 0.25) is 12.1 Å². The van der Waals surface area contributed by atoms with Crippen LogP contribution in [0.15, 0.2) is 23.8 Å². The van der Waals surface area contributed by atoms with Gasteiger partial charge < -0.3 is 20.1 Å². The van der Waals surface area contributed by atoms with E-state index < -0.39 is 52.1 Å². The van der Waals surface area contributed by atoms with Gasteiger partial charge in [0.15, 0.2) is 11.5 Å². The molecule has 0 aliphatic heterocycles. The number of carbonyl (C=O) groups is 2. The summed E-state index contributed by atoms with van der Waals surface area (Å²) in [5.74, 6) is -2.53. The molecule has 0 radical (unpaired) electrons. The zero-order valence-corrected chi connectivity index (χ0v) is 17.9. The molecule has 0 amide bonds. The van der Waals surface area contributed by atoms with Gasteiger partial charge in [-0.15, -0.1) is 0 Å². The van der Waals surface area contributed by atoms with Crippen molar-refractivity contribution in [2.24, 2.45) is 28.6 Å². The minimum Gasteiger partial charge on any atom is -0.390 e. The third kappa shape index (κ3) is 2.32. The van der Waals surface area contributed by atoms with Gasteiger partial charge in [0.1, 0.15) is 5.60 Å². The average Bonchev–Trinajstić information content (AvgIpc) is 2.90. The molecular weight excluding hydrogens is 391 g/mol. The molecule has 4 aliphatic rings. The van der Waals surface area contributed by atoms with Gasteiger partial charge in [-0.1, -0.05) is 25.5 Å². The first kappa shape index (κ1) is 21.8. The molecule has 3 saturated carbocycles. The topological polar surface area (TPSA) is 104 Å². The predicted octanol–water partition coefficient (Wildman–Crippen LogP) is 1.87. The molecule has 0 aromatic carbocycles. The zero-order chi connectivity index (χ0) is 22.3. The SMILES string of the molecule is COC(O)C(=O)[C@@]1(O)[C@@H](C)C[C@H]2[C@@H]3CCC4=CC(=O)C=C[C@]4(C)[C@@]3(F)[C@@H](O)C[C@@]21C. The maximum absolute atomic E-state index is 17.0. The van der Waals surface area contributed by atoms with E-state index >= 15 is 4.39 Å². The molecule has 30 heavy (non-hydrogen) atoms. The summed E-state index contributed by atoms with van der Waals surface area (Å²) in [7, 11) is 1.18. The molecule has 0 saturated heterocycles. The number of halogens is 1. The van der Waals surface area contributed by atoms with Crippen molar-refractivity contribution in [2.75, 3.05) is 7.11 Å². The first-order chi connectivity index (χ1) is 13.9. The number of methoxy groups -OCH3 is 1. The largest absolute Gasteiger partial charge is 0.390 e. The standard InChI is InChI=1S/C23H31FO6/c1-12-9-16-15-6-5-13-10-14(25)7-8-20(13,2)22(15,24)17(26)11-21(16,3)23(12,29)18(27)19(28)30-4/h7-8,10,12,15-17,19,26,28-29H,5-6,9,11H2,1-4H3/t12-,15-,16-,17-,19?,20-,21-,22-,23-/m0/s1. The number of alkyl halides is 1. The number of hydrogen-bond donors (Lipinski definition) is 3. The van der Waals surface area contributed by atoms with E-state index in [1.165, 1.54) is 19.3 Å². The van der Waals surface area contributed by atoms with Crippen LogP contribution < -0.4 is 0 Å². The van der Waals surface area contributed by atoms with Gasteiger partial charge in [-0.25, -0.2) is 4.39 Å². The number of ketones is 2. The van der Waals surface area contributed by atoms with Gasteiger partial charge in [-0.2, -0.15) is 0 Å². The maximum atomic E-state index is 17.0. The first-order valence-electron chi connectivity index (χ1n) is 10.7. The van der Waals surface area contributed by atoms with Gasteiger partial charge in [0, 0.05) is 23.9 Å². The van der Waals surface area contributed by atoms with Crippen molar-refractivity contribution in [3.63, 3.8) is 0 Å². The fourth-order valence-corrected chi connectivity index (χ4v) is 7.37. The van der Waals surface area contributed by atoms with E-state index in [4.69, 9.17) is 4.74 Å². The van der Waals surface area contributed by atoms with Gasteiger partial charge >= 0.3 is 0 Å². The number of allylic oxidation sites excluding steroid dienone is 4. The lowest BCUT2D eigenvalue weighted by Crippen LogP contribution is -2.69. The predicted molar refractivity (Wildman–Crippen MR) is 106 cm³/mol. The third-order valence-corrected chi connectivity index (χ3v) is 9.05. The van der Waals surface area contributed by atoms with Crippen LogP contribution in [0.3, 0.4) is 0 Å². The Morgan fingerprint density at radius 3 is 2.63 bits per heavy atom. The van der Waals surface area contributed by atoms with Gasteiger partial charge in [0.05, 0.1) is 6.10 Å². The van der Waals surface area contributed by atoms with Gasteiger partial charge in [-0.3, -0.25) is 9.59 Å². The van der Waals surface area contributed by atoms with E-state index in [-0.39, 0.29) is 18.1 Å². The smallest absolute Gasteiger partial charge is 0.220 e. The number of aliphatic hydroxyl groups excluding tert-OH is 2. The summed E-state index contributed by atoms with van der Waals surface area (Å²) in [6.45, 7) is 5.17. The number of hydrogen-bond acceptors (Lipinski definition) is 6. The highest BCUT2D eigenvalue weighted by atomic mass is 19.1. The highest BCUT2D eigenvalue weighted by molar-refractivity contribution is 6.01. The molecule has 3 fully saturated rings. The summed E-state index contributed by atoms with van der Waals surface area (Å²) in [5, 5.41) is 32.8. The number of fused-ring (bicyclic) bond motifs is 5. The van der Waals surface area contributed by atoms with Crippen LogP contribution in [-0.2, 0) is 14.3 Å². The highest BCUT2D eigenvalue weighted by Crippen LogP contribution is 2.70. The molecule has 4 rings (SSSR count). The molecule has 1 unspecified atom stereocenters. The van der Waals surface area contributed by atoms with E-state index in [0.717, 1.165) is 0 Å². The number of rotatable bonds is 3. The summed E-state index contributed by atoms with van der Waals surface area (Å²) in [6.07, 6.45) is 2.39. The normalized spacial score (nSPS) is 50.9. The Morgan fingerprint density at radius 2 is 2.00 bits per heavy atom. The number of carbonyl (C=O) groups excluding carboxylic acids is 2. The van der Waals surface area contributed by atoms with Crippen molar-refractivity contribution in [3.05, 3.63) is 23.8 Å². The second-order valence-corrected chi connectivity index (χ2v) is 10.1. The van der Waals surface area contributed by atoms with Gasteiger partial charge in [-0.05, 0) is 56.6 Å². The highest BCUT2D eigenvalue weighted by Gasteiger charge is 2.76. The summed E-state index contributed by atoms with van der Waals surface area (Å²) in [5.41, 5.74) is -5.51. The van der Waals surface area contributed by atoms with E-state index in [1.807, 2.05) is 0 Å².